The molecule has 0 aromatic carbocycles. The molecular weight excluding hydrogens is 284 g/mol. The third-order valence-corrected chi connectivity index (χ3v) is 5.98. The third kappa shape index (κ3) is 5.58. The summed E-state index contributed by atoms with van der Waals surface area (Å²) in [7, 11) is -3.09. The van der Waals surface area contributed by atoms with Crippen LogP contribution in [0, 0.1) is 11.8 Å². The van der Waals surface area contributed by atoms with Crippen LogP contribution >= 0.6 is 12.4 Å². The number of hydrogen-bond donors (Lipinski definition) is 2. The quantitative estimate of drug-likeness (QED) is 0.815. The molecule has 0 aromatic rings. The number of nitrogens with one attached hydrogen (secondary N) is 2. The Morgan fingerprint density at radius 3 is 2.47 bits per heavy atom. The highest BCUT2D eigenvalue weighted by Gasteiger charge is 2.27. The molecule has 2 fully saturated rings. The number of sulfonamides is 1. The summed E-state index contributed by atoms with van der Waals surface area (Å²) >= 11 is 0. The second-order valence-corrected chi connectivity index (χ2v) is 7.74. The normalized spacial score (nSPS) is 26.9. The van der Waals surface area contributed by atoms with E-state index in [1.165, 1.54) is 12.8 Å². The van der Waals surface area contributed by atoms with Gasteiger partial charge in [-0.05, 0) is 57.5 Å². The molecule has 0 amide bonds. The van der Waals surface area contributed by atoms with E-state index < -0.39 is 10.0 Å². The number of halogens is 1. The Bertz CT molecular complexity index is 350. The van der Waals surface area contributed by atoms with Crippen LogP contribution in [0.5, 0.6) is 0 Å². The largest absolute Gasteiger partial charge is 0.316 e. The highest BCUT2D eigenvalue weighted by atomic mass is 35.5. The van der Waals surface area contributed by atoms with Gasteiger partial charge in [0.25, 0.3) is 0 Å². The molecule has 1 aliphatic carbocycles. The summed E-state index contributed by atoms with van der Waals surface area (Å²) < 4.78 is 27.1. The lowest BCUT2D eigenvalue weighted by molar-refractivity contribution is 0.320. The summed E-state index contributed by atoms with van der Waals surface area (Å²) in [6.07, 6.45) is 6.84. The zero-order chi connectivity index (χ0) is 13.0. The van der Waals surface area contributed by atoms with E-state index in [-0.39, 0.29) is 18.4 Å². The molecule has 0 spiro atoms. The van der Waals surface area contributed by atoms with Crippen LogP contribution in [0.15, 0.2) is 0 Å². The van der Waals surface area contributed by atoms with Crippen molar-refractivity contribution in [2.75, 3.05) is 18.8 Å². The zero-order valence-corrected chi connectivity index (χ0v) is 13.4. The van der Waals surface area contributed by atoms with Gasteiger partial charge in [-0.15, -0.1) is 12.4 Å². The van der Waals surface area contributed by atoms with Gasteiger partial charge >= 0.3 is 0 Å². The average Bonchev–Trinajstić information content (AvgIpc) is 2.81. The minimum absolute atomic E-state index is 0. The van der Waals surface area contributed by atoms with Crippen LogP contribution in [-0.4, -0.2) is 33.3 Å². The van der Waals surface area contributed by atoms with Crippen molar-refractivity contribution in [3.05, 3.63) is 0 Å². The molecule has 2 aliphatic rings. The summed E-state index contributed by atoms with van der Waals surface area (Å²) in [5, 5.41) is 3.34. The fourth-order valence-corrected chi connectivity index (χ4v) is 5.03. The van der Waals surface area contributed by atoms with Crippen LogP contribution in [0.3, 0.4) is 0 Å². The lowest BCUT2D eigenvalue weighted by Crippen LogP contribution is -2.45. The fraction of sp³-hybridized carbons (Fsp3) is 1.00. The standard InChI is InChI=1S/C13H26N2O2S.ClH/c1-11(13-7-4-8-14-9-13)15-18(16,17)10-12-5-2-3-6-12;/h11-15H,2-10H2,1H3;1H. The smallest absolute Gasteiger partial charge is 0.212 e. The van der Waals surface area contributed by atoms with E-state index in [4.69, 9.17) is 0 Å². The zero-order valence-electron chi connectivity index (χ0n) is 11.7. The van der Waals surface area contributed by atoms with Crippen molar-refractivity contribution in [2.24, 2.45) is 11.8 Å². The average molecular weight is 311 g/mol. The lowest BCUT2D eigenvalue weighted by Gasteiger charge is -2.29. The first kappa shape index (κ1) is 17.2. The van der Waals surface area contributed by atoms with Gasteiger partial charge in [0.1, 0.15) is 0 Å². The first-order chi connectivity index (χ1) is 8.57. The molecule has 19 heavy (non-hydrogen) atoms. The van der Waals surface area contributed by atoms with Gasteiger partial charge in [0.2, 0.25) is 10.0 Å². The van der Waals surface area contributed by atoms with Crippen LogP contribution in [0.4, 0.5) is 0 Å². The summed E-state index contributed by atoms with van der Waals surface area (Å²) in [5.41, 5.74) is 0. The van der Waals surface area contributed by atoms with E-state index in [9.17, 15) is 8.42 Å². The van der Waals surface area contributed by atoms with Crippen LogP contribution in [0.1, 0.15) is 45.4 Å². The molecule has 0 aromatic heterocycles. The molecule has 1 aliphatic heterocycles. The van der Waals surface area contributed by atoms with Gasteiger partial charge < -0.3 is 5.32 Å². The van der Waals surface area contributed by atoms with Gasteiger partial charge in [0, 0.05) is 6.04 Å². The summed E-state index contributed by atoms with van der Waals surface area (Å²) in [5.74, 6) is 1.16. The molecule has 4 nitrogen and oxygen atoms in total. The molecule has 2 atom stereocenters. The monoisotopic (exact) mass is 310 g/mol. The molecule has 0 radical (unpaired) electrons. The SMILES string of the molecule is CC(NS(=O)(=O)CC1CCCC1)C1CCCNC1.Cl. The highest BCUT2D eigenvalue weighted by Crippen LogP contribution is 2.26. The Labute approximate surface area is 123 Å². The van der Waals surface area contributed by atoms with E-state index in [2.05, 4.69) is 10.0 Å². The number of piperidine rings is 1. The Balaban J connectivity index is 0.00000180. The minimum atomic E-state index is -3.09. The van der Waals surface area contributed by atoms with Crippen molar-refractivity contribution in [3.8, 4) is 0 Å². The fourth-order valence-electron chi connectivity index (χ4n) is 3.22. The van der Waals surface area contributed by atoms with Crippen molar-refractivity contribution in [2.45, 2.75) is 51.5 Å². The van der Waals surface area contributed by atoms with E-state index in [1.807, 2.05) is 6.92 Å². The Kier molecular flexibility index (Phi) is 7.08. The minimum Gasteiger partial charge on any atom is -0.316 e. The lowest BCUT2D eigenvalue weighted by atomic mass is 9.94. The molecule has 1 saturated carbocycles. The van der Waals surface area contributed by atoms with Crippen molar-refractivity contribution in [1.82, 2.24) is 10.0 Å². The molecule has 6 heteroatoms. The maximum atomic E-state index is 12.1. The van der Waals surface area contributed by atoms with Crippen molar-refractivity contribution >= 4 is 22.4 Å². The van der Waals surface area contributed by atoms with Crippen molar-refractivity contribution in [1.29, 1.82) is 0 Å². The van der Waals surface area contributed by atoms with E-state index in [1.54, 1.807) is 0 Å². The predicted molar refractivity (Wildman–Crippen MR) is 81.2 cm³/mol. The van der Waals surface area contributed by atoms with Crippen molar-refractivity contribution in [3.63, 3.8) is 0 Å². The van der Waals surface area contributed by atoms with Gasteiger partial charge in [-0.25, -0.2) is 13.1 Å². The van der Waals surface area contributed by atoms with Gasteiger partial charge in [0.05, 0.1) is 5.75 Å². The highest BCUT2D eigenvalue weighted by molar-refractivity contribution is 7.89. The first-order valence-corrected chi connectivity index (χ1v) is 8.93. The molecule has 2 unspecified atom stereocenters. The third-order valence-electron chi connectivity index (χ3n) is 4.34. The molecule has 1 heterocycles. The van der Waals surface area contributed by atoms with Crippen LogP contribution in [-0.2, 0) is 10.0 Å². The second kappa shape index (κ2) is 7.81. The second-order valence-electron chi connectivity index (χ2n) is 5.94. The van der Waals surface area contributed by atoms with E-state index in [0.29, 0.717) is 17.6 Å². The Morgan fingerprint density at radius 1 is 1.21 bits per heavy atom. The first-order valence-electron chi connectivity index (χ1n) is 7.27. The maximum Gasteiger partial charge on any atom is 0.212 e. The van der Waals surface area contributed by atoms with Gasteiger partial charge in [-0.3, -0.25) is 0 Å². The molecule has 2 N–H and O–H groups in total. The number of rotatable bonds is 5. The van der Waals surface area contributed by atoms with Gasteiger partial charge in [-0.2, -0.15) is 0 Å². The Morgan fingerprint density at radius 2 is 1.89 bits per heavy atom. The van der Waals surface area contributed by atoms with Crippen molar-refractivity contribution < 1.29 is 8.42 Å². The van der Waals surface area contributed by atoms with Gasteiger partial charge in [-0.1, -0.05) is 12.8 Å². The topological polar surface area (TPSA) is 58.2 Å². The van der Waals surface area contributed by atoms with Gasteiger partial charge in [0.15, 0.2) is 0 Å². The predicted octanol–water partition coefficient (Wildman–Crippen LogP) is 1.91. The maximum absolute atomic E-state index is 12.1. The molecule has 114 valence electrons. The van der Waals surface area contributed by atoms with E-state index >= 15 is 0 Å². The van der Waals surface area contributed by atoms with E-state index in [0.717, 1.165) is 38.8 Å². The summed E-state index contributed by atoms with van der Waals surface area (Å²) in [6.45, 7) is 4.01. The molecule has 1 saturated heterocycles. The van der Waals surface area contributed by atoms with Crippen LogP contribution in [0.2, 0.25) is 0 Å². The summed E-state index contributed by atoms with van der Waals surface area (Å²) in [6, 6.07) is 0.0594. The number of hydrogen-bond acceptors (Lipinski definition) is 3. The molecular formula is C13H27ClN2O2S. The van der Waals surface area contributed by atoms with Crippen LogP contribution < -0.4 is 10.0 Å². The molecule has 2 rings (SSSR count). The molecule has 0 bridgehead atoms. The Hall–Kier alpha value is 0.160. The van der Waals surface area contributed by atoms with Crippen LogP contribution in [0.25, 0.3) is 0 Å². The summed E-state index contributed by atoms with van der Waals surface area (Å²) in [4.78, 5) is 0.